The second-order valence-electron chi connectivity index (χ2n) is 10.5. The Morgan fingerprint density at radius 1 is 1.19 bits per heavy atom. The first-order valence-corrected chi connectivity index (χ1v) is 13.8. The minimum Gasteiger partial charge on any atom is -0.459 e. The number of nitrogens with zero attached hydrogens (tertiary/aromatic N) is 2. The van der Waals surface area contributed by atoms with Crippen LogP contribution in [0.2, 0.25) is 0 Å². The van der Waals surface area contributed by atoms with Crippen molar-refractivity contribution in [2.75, 3.05) is 17.7 Å². The summed E-state index contributed by atoms with van der Waals surface area (Å²) in [6.45, 7) is 3.51. The molecule has 18 heteroatoms. The van der Waals surface area contributed by atoms with Crippen LogP contribution in [-0.2, 0) is 19.0 Å². The number of esters is 1. The number of carbonyl (C=O) groups is 2. The Hall–Kier alpha value is -2.63. The van der Waals surface area contributed by atoms with Crippen molar-refractivity contribution in [2.45, 2.75) is 82.0 Å². The molecule has 0 unspecified atom stereocenters. The van der Waals surface area contributed by atoms with Crippen molar-refractivity contribution < 1.29 is 58.9 Å². The second kappa shape index (κ2) is 12.9. The van der Waals surface area contributed by atoms with Gasteiger partial charge in [0.2, 0.25) is 5.44 Å². The van der Waals surface area contributed by atoms with Gasteiger partial charge in [-0.15, -0.1) is 11.8 Å². The van der Waals surface area contributed by atoms with Crippen LogP contribution in [0.15, 0.2) is 17.1 Å². The molecule has 0 radical (unpaired) electrons. The number of halogens is 8. The summed E-state index contributed by atoms with van der Waals surface area (Å²) in [7, 11) is 0. The van der Waals surface area contributed by atoms with Crippen LogP contribution in [0.4, 0.5) is 45.7 Å². The molecule has 1 saturated carbocycles. The standard InChI is InChI=1S/C24H29F8N3O6S/c1-11(2)13-5-4-12(3)8-14(13)40-17(36)18-41-16(9-42-18)35-7-6-15(33-20(35)37)34-21(38)39-10-22(27,28)24(31,32)23(29,30)19(25)26/h6-7,11-14,16,18-19H,4-5,8-10H2,1-3H3,(H,33,34,37,38)/t12-,13+,14-,16+,18-/m1/s1. The number of ether oxygens (including phenoxy) is 3. The summed E-state index contributed by atoms with van der Waals surface area (Å²) in [4.78, 5) is 40.4. The molecule has 0 aromatic carbocycles. The molecule has 5 atom stereocenters. The number of nitrogens with one attached hydrogen (secondary N) is 1. The molecule has 1 aliphatic carbocycles. The van der Waals surface area contributed by atoms with Crippen LogP contribution < -0.4 is 11.0 Å². The van der Waals surface area contributed by atoms with Crippen molar-refractivity contribution in [1.82, 2.24) is 9.55 Å². The Morgan fingerprint density at radius 3 is 2.45 bits per heavy atom. The minimum absolute atomic E-state index is 0.136. The SMILES string of the molecule is CC(C)[C@@H]1CC[C@@H](C)C[C@H]1OC(=O)[C@@H]1O[C@H](n2ccc(NC(=O)OCC(F)(F)C(F)(F)C(F)(F)C(F)F)nc2=O)CS1. The van der Waals surface area contributed by atoms with Crippen molar-refractivity contribution in [2.24, 2.45) is 17.8 Å². The van der Waals surface area contributed by atoms with E-state index in [1.807, 2.05) is 0 Å². The zero-order valence-corrected chi connectivity index (χ0v) is 23.3. The molecule has 2 aliphatic rings. The fourth-order valence-electron chi connectivity index (χ4n) is 4.59. The molecule has 1 aromatic heterocycles. The number of rotatable bonds is 10. The maximum atomic E-state index is 13.6. The summed E-state index contributed by atoms with van der Waals surface area (Å²) in [5.41, 5.74) is -2.07. The molecule has 1 aromatic rings. The number of amides is 1. The van der Waals surface area contributed by atoms with E-state index in [2.05, 4.69) is 30.5 Å². The summed E-state index contributed by atoms with van der Waals surface area (Å²) in [6.07, 6.45) is -4.54. The Morgan fingerprint density at radius 2 is 1.86 bits per heavy atom. The van der Waals surface area contributed by atoms with Crippen molar-refractivity contribution in [1.29, 1.82) is 0 Å². The molecular formula is C24H29F8N3O6S. The van der Waals surface area contributed by atoms with E-state index >= 15 is 0 Å². The maximum absolute atomic E-state index is 13.6. The third-order valence-corrected chi connectivity index (χ3v) is 8.08. The smallest absolute Gasteiger partial charge is 0.413 e. The van der Waals surface area contributed by atoms with Gasteiger partial charge in [0.25, 0.3) is 0 Å². The third kappa shape index (κ3) is 7.29. The van der Waals surface area contributed by atoms with E-state index < -0.39 is 66.0 Å². The highest BCUT2D eigenvalue weighted by Gasteiger charge is 2.75. The lowest BCUT2D eigenvalue weighted by Gasteiger charge is -2.37. The van der Waals surface area contributed by atoms with Crippen LogP contribution >= 0.6 is 11.8 Å². The van der Waals surface area contributed by atoms with Gasteiger partial charge in [0.1, 0.15) is 18.1 Å². The summed E-state index contributed by atoms with van der Waals surface area (Å²) >= 11 is 1.08. The number of carbonyl (C=O) groups excluding carboxylic acids is 2. The highest BCUT2D eigenvalue weighted by molar-refractivity contribution is 8.00. The molecule has 238 valence electrons. The normalized spacial score (nSPS) is 25.5. The molecule has 1 amide bonds. The van der Waals surface area contributed by atoms with Gasteiger partial charge in [-0.05, 0) is 36.7 Å². The number of hydrogen-bond acceptors (Lipinski definition) is 8. The van der Waals surface area contributed by atoms with E-state index in [1.165, 1.54) is 0 Å². The molecule has 9 nitrogen and oxygen atoms in total. The number of alkyl halides is 8. The van der Waals surface area contributed by atoms with Gasteiger partial charge in [0.05, 0.1) is 0 Å². The van der Waals surface area contributed by atoms with Gasteiger partial charge in [0, 0.05) is 11.9 Å². The predicted octanol–water partition coefficient (Wildman–Crippen LogP) is 5.55. The molecule has 1 aliphatic heterocycles. The van der Waals surface area contributed by atoms with Gasteiger partial charge >= 0.3 is 41.9 Å². The average Bonchev–Trinajstić information content (AvgIpc) is 3.37. The average molecular weight is 640 g/mol. The topological polar surface area (TPSA) is 109 Å². The largest absolute Gasteiger partial charge is 0.459 e. The maximum Gasteiger partial charge on any atom is 0.413 e. The second-order valence-corrected chi connectivity index (χ2v) is 11.6. The first-order chi connectivity index (χ1) is 19.4. The van der Waals surface area contributed by atoms with Gasteiger partial charge in [0.15, 0.2) is 6.61 Å². The van der Waals surface area contributed by atoms with Gasteiger partial charge < -0.3 is 14.2 Å². The van der Waals surface area contributed by atoms with E-state index in [-0.39, 0.29) is 17.8 Å². The molecule has 42 heavy (non-hydrogen) atoms. The molecule has 0 bridgehead atoms. The predicted molar refractivity (Wildman–Crippen MR) is 132 cm³/mol. The van der Waals surface area contributed by atoms with Crippen LogP contribution in [0.25, 0.3) is 0 Å². The zero-order valence-electron chi connectivity index (χ0n) is 22.5. The molecule has 3 rings (SSSR count). The highest BCUT2D eigenvalue weighted by Crippen LogP contribution is 2.48. The molecule has 2 fully saturated rings. The highest BCUT2D eigenvalue weighted by atomic mass is 32.2. The first kappa shape index (κ1) is 33.9. The number of hydrogen-bond donors (Lipinski definition) is 1. The van der Waals surface area contributed by atoms with E-state index in [1.54, 1.807) is 5.32 Å². The lowest BCUT2D eigenvalue weighted by atomic mass is 9.75. The van der Waals surface area contributed by atoms with Crippen molar-refractivity contribution in [3.05, 3.63) is 22.7 Å². The zero-order chi connectivity index (χ0) is 31.6. The van der Waals surface area contributed by atoms with Crippen molar-refractivity contribution in [3.63, 3.8) is 0 Å². The van der Waals surface area contributed by atoms with E-state index in [0.29, 0.717) is 11.8 Å². The molecule has 1 saturated heterocycles. The van der Waals surface area contributed by atoms with Gasteiger partial charge in [-0.25, -0.2) is 23.2 Å². The van der Waals surface area contributed by atoms with Crippen LogP contribution in [0.3, 0.4) is 0 Å². The number of aromatic nitrogens is 2. The van der Waals surface area contributed by atoms with E-state index in [0.717, 1.165) is 47.9 Å². The monoisotopic (exact) mass is 639 g/mol. The molecule has 2 heterocycles. The third-order valence-electron chi connectivity index (χ3n) is 7.00. The summed E-state index contributed by atoms with van der Waals surface area (Å²) in [5, 5.41) is 1.66. The number of thioether (sulfide) groups is 1. The lowest BCUT2D eigenvalue weighted by molar-refractivity contribution is -0.343. The lowest BCUT2D eigenvalue weighted by Crippen LogP contribution is -2.59. The fraction of sp³-hybridized carbons (Fsp3) is 0.750. The summed E-state index contributed by atoms with van der Waals surface area (Å²) in [6, 6.07) is 0.969. The van der Waals surface area contributed by atoms with Crippen LogP contribution in [-0.4, -0.2) is 69.7 Å². The van der Waals surface area contributed by atoms with Crippen LogP contribution in [0, 0.1) is 17.8 Å². The van der Waals surface area contributed by atoms with E-state index in [9.17, 15) is 49.5 Å². The fourth-order valence-corrected chi connectivity index (χ4v) is 5.56. The summed E-state index contributed by atoms with van der Waals surface area (Å²) < 4.78 is 120. The quantitative estimate of drug-likeness (QED) is 0.262. The van der Waals surface area contributed by atoms with Crippen molar-refractivity contribution >= 4 is 29.6 Å². The Labute approximate surface area is 238 Å². The Bertz CT molecular complexity index is 1190. The Balaban J connectivity index is 1.56. The van der Waals surface area contributed by atoms with E-state index in [4.69, 9.17) is 9.47 Å². The minimum atomic E-state index is -6.55. The Kier molecular flexibility index (Phi) is 10.4. The van der Waals surface area contributed by atoms with Crippen LogP contribution in [0.5, 0.6) is 0 Å². The molecular weight excluding hydrogens is 610 g/mol. The van der Waals surface area contributed by atoms with Crippen molar-refractivity contribution in [3.8, 4) is 0 Å². The van der Waals surface area contributed by atoms with Gasteiger partial charge in [-0.2, -0.15) is 31.3 Å². The summed E-state index contributed by atoms with van der Waals surface area (Å²) in [5.74, 6) is -19.0. The van der Waals surface area contributed by atoms with Gasteiger partial charge in [-0.3, -0.25) is 9.88 Å². The molecule has 1 N–H and O–H groups in total. The molecule has 0 spiro atoms. The first-order valence-electron chi connectivity index (χ1n) is 12.8. The number of anilines is 1. The van der Waals surface area contributed by atoms with Crippen LogP contribution in [0.1, 0.15) is 46.3 Å². The van der Waals surface area contributed by atoms with Gasteiger partial charge in [-0.1, -0.05) is 27.2 Å².